The van der Waals surface area contributed by atoms with Gasteiger partial charge < -0.3 is 4.90 Å². The Morgan fingerprint density at radius 1 is 1.19 bits per heavy atom. The van der Waals surface area contributed by atoms with Gasteiger partial charge in [0.2, 0.25) is 0 Å². The fraction of sp³-hybridized carbons (Fsp3) is 0.500. The summed E-state index contributed by atoms with van der Waals surface area (Å²) < 4.78 is 4.54. The lowest BCUT2D eigenvalue weighted by Gasteiger charge is -2.14. The molecule has 0 unspecified atom stereocenters. The molecule has 16 heavy (non-hydrogen) atoms. The number of hydrogen-bond acceptors (Lipinski definition) is 3. The van der Waals surface area contributed by atoms with Crippen LogP contribution in [-0.2, 0) is 0 Å². The molecule has 0 radical (unpaired) electrons. The number of rotatable bonds is 5. The summed E-state index contributed by atoms with van der Waals surface area (Å²) in [5.74, 6) is 0. The summed E-state index contributed by atoms with van der Waals surface area (Å²) in [7, 11) is 0. The molecule has 1 aliphatic heterocycles. The Kier molecular flexibility index (Phi) is 5.16. The van der Waals surface area contributed by atoms with Crippen molar-refractivity contribution >= 4 is 27.9 Å². The van der Waals surface area contributed by atoms with E-state index in [1.54, 1.807) is 11.9 Å². The van der Waals surface area contributed by atoms with Gasteiger partial charge in [-0.1, -0.05) is 15.9 Å². The molecule has 0 aromatic heterocycles. The molecule has 1 N–H and O–H groups in total. The molecule has 1 aromatic rings. The second-order valence-electron chi connectivity index (χ2n) is 4.00. The molecule has 0 bridgehead atoms. The third kappa shape index (κ3) is 4.09. The average Bonchev–Trinajstić information content (AvgIpc) is 2.80. The van der Waals surface area contributed by atoms with Crippen LogP contribution >= 0.6 is 27.9 Å². The highest BCUT2D eigenvalue weighted by Crippen LogP contribution is 2.17. The summed E-state index contributed by atoms with van der Waals surface area (Å²) in [6.07, 6.45) is 2.75. The summed E-state index contributed by atoms with van der Waals surface area (Å²) in [4.78, 5) is 3.79. The first kappa shape index (κ1) is 12.4. The van der Waals surface area contributed by atoms with Crippen molar-refractivity contribution in [3.05, 3.63) is 28.7 Å². The molecule has 1 aromatic carbocycles. The van der Waals surface area contributed by atoms with Crippen molar-refractivity contribution in [2.24, 2.45) is 0 Å². The summed E-state index contributed by atoms with van der Waals surface area (Å²) in [5.41, 5.74) is 0. The Morgan fingerprint density at radius 2 is 1.88 bits per heavy atom. The van der Waals surface area contributed by atoms with Crippen LogP contribution in [0.15, 0.2) is 33.6 Å². The molecule has 1 heterocycles. The van der Waals surface area contributed by atoms with Crippen LogP contribution in [0.4, 0.5) is 0 Å². The van der Waals surface area contributed by atoms with Crippen molar-refractivity contribution in [2.75, 3.05) is 26.2 Å². The van der Waals surface area contributed by atoms with Crippen LogP contribution in [0.25, 0.3) is 0 Å². The second kappa shape index (κ2) is 6.64. The van der Waals surface area contributed by atoms with Crippen LogP contribution in [0, 0.1) is 0 Å². The molecule has 1 fully saturated rings. The van der Waals surface area contributed by atoms with E-state index in [4.69, 9.17) is 0 Å². The summed E-state index contributed by atoms with van der Waals surface area (Å²) in [6, 6.07) is 8.39. The molecule has 4 heteroatoms. The van der Waals surface area contributed by atoms with E-state index in [0.717, 1.165) is 11.0 Å². The maximum atomic E-state index is 3.44. The molecular formula is C12H17BrN2S. The fourth-order valence-corrected chi connectivity index (χ4v) is 2.74. The fourth-order valence-electron chi connectivity index (χ4n) is 1.85. The number of nitrogens with one attached hydrogen (secondary N) is 1. The van der Waals surface area contributed by atoms with Crippen molar-refractivity contribution in [1.82, 2.24) is 9.62 Å². The third-order valence-electron chi connectivity index (χ3n) is 2.73. The van der Waals surface area contributed by atoms with Crippen LogP contribution in [-0.4, -0.2) is 31.1 Å². The summed E-state index contributed by atoms with van der Waals surface area (Å²) in [5, 5.41) is 0. The van der Waals surface area contributed by atoms with Crippen LogP contribution in [0.1, 0.15) is 12.8 Å². The molecule has 1 aliphatic rings. The molecular weight excluding hydrogens is 284 g/mol. The Morgan fingerprint density at radius 3 is 2.56 bits per heavy atom. The molecule has 2 rings (SSSR count). The minimum atomic E-state index is 1.06. The van der Waals surface area contributed by atoms with Gasteiger partial charge in [0.1, 0.15) is 0 Å². The quantitative estimate of drug-likeness (QED) is 0.664. The predicted octanol–water partition coefficient (Wildman–Crippen LogP) is 3.14. The number of hydrogen-bond donors (Lipinski definition) is 1. The predicted molar refractivity (Wildman–Crippen MR) is 73.7 cm³/mol. The van der Waals surface area contributed by atoms with Crippen LogP contribution in [0.5, 0.6) is 0 Å². The Labute approximate surface area is 110 Å². The zero-order valence-electron chi connectivity index (χ0n) is 9.29. The van der Waals surface area contributed by atoms with Crippen molar-refractivity contribution in [3.8, 4) is 0 Å². The SMILES string of the molecule is Brc1ccc(SNCCN2CCCC2)cc1. The van der Waals surface area contributed by atoms with E-state index >= 15 is 0 Å². The first-order valence-corrected chi connectivity index (χ1v) is 7.33. The van der Waals surface area contributed by atoms with Crippen LogP contribution in [0.3, 0.4) is 0 Å². The maximum absolute atomic E-state index is 3.44. The van der Waals surface area contributed by atoms with E-state index in [9.17, 15) is 0 Å². The van der Waals surface area contributed by atoms with E-state index in [2.05, 4.69) is 49.8 Å². The highest BCUT2D eigenvalue weighted by Gasteiger charge is 2.09. The van der Waals surface area contributed by atoms with E-state index < -0.39 is 0 Å². The van der Waals surface area contributed by atoms with Gasteiger partial charge in [-0.25, -0.2) is 0 Å². The van der Waals surface area contributed by atoms with Gasteiger partial charge in [0.15, 0.2) is 0 Å². The van der Waals surface area contributed by atoms with E-state index in [0.29, 0.717) is 0 Å². The van der Waals surface area contributed by atoms with Gasteiger partial charge in [-0.2, -0.15) is 0 Å². The van der Waals surface area contributed by atoms with Crippen LogP contribution in [0.2, 0.25) is 0 Å². The van der Waals surface area contributed by atoms with Gasteiger partial charge in [-0.05, 0) is 62.1 Å². The molecule has 1 saturated heterocycles. The monoisotopic (exact) mass is 300 g/mol. The normalized spacial score (nSPS) is 16.8. The van der Waals surface area contributed by atoms with Gasteiger partial charge in [0.05, 0.1) is 0 Å². The van der Waals surface area contributed by atoms with Gasteiger partial charge in [-0.15, -0.1) is 0 Å². The Hall–Kier alpha value is -0.0300. The lowest BCUT2D eigenvalue weighted by atomic mass is 10.4. The second-order valence-corrected chi connectivity index (χ2v) is 5.88. The minimum Gasteiger partial charge on any atom is -0.302 e. The van der Waals surface area contributed by atoms with Crippen molar-refractivity contribution in [2.45, 2.75) is 17.7 Å². The number of halogens is 1. The first-order chi connectivity index (χ1) is 7.84. The van der Waals surface area contributed by atoms with E-state index in [1.165, 1.54) is 37.4 Å². The number of benzene rings is 1. The van der Waals surface area contributed by atoms with Gasteiger partial charge in [0.25, 0.3) is 0 Å². The van der Waals surface area contributed by atoms with Crippen LogP contribution < -0.4 is 4.72 Å². The molecule has 2 nitrogen and oxygen atoms in total. The molecule has 0 aliphatic carbocycles. The highest BCUT2D eigenvalue weighted by atomic mass is 79.9. The molecule has 88 valence electrons. The first-order valence-electron chi connectivity index (χ1n) is 5.72. The van der Waals surface area contributed by atoms with E-state index in [1.807, 2.05) is 0 Å². The lowest BCUT2D eigenvalue weighted by Crippen LogP contribution is -2.27. The standard InChI is InChI=1S/C12H17BrN2S/c13-11-3-5-12(6-4-11)16-14-7-10-15-8-1-2-9-15/h3-6,14H,1-2,7-10H2. The van der Waals surface area contributed by atoms with Crippen molar-refractivity contribution < 1.29 is 0 Å². The van der Waals surface area contributed by atoms with Gasteiger partial charge in [0, 0.05) is 22.5 Å². The van der Waals surface area contributed by atoms with E-state index in [-0.39, 0.29) is 0 Å². The third-order valence-corrected chi connectivity index (χ3v) is 4.12. The molecule has 0 spiro atoms. The molecule has 0 atom stereocenters. The van der Waals surface area contributed by atoms with Crippen molar-refractivity contribution in [1.29, 1.82) is 0 Å². The van der Waals surface area contributed by atoms with Gasteiger partial charge in [-0.3, -0.25) is 4.72 Å². The highest BCUT2D eigenvalue weighted by molar-refractivity contribution is 9.10. The topological polar surface area (TPSA) is 15.3 Å². The van der Waals surface area contributed by atoms with Crippen molar-refractivity contribution in [3.63, 3.8) is 0 Å². The zero-order valence-corrected chi connectivity index (χ0v) is 11.7. The molecule has 0 amide bonds. The summed E-state index contributed by atoms with van der Waals surface area (Å²) in [6.45, 7) is 4.79. The average molecular weight is 301 g/mol. The zero-order chi connectivity index (χ0) is 11.2. The Balaban J connectivity index is 1.62. The molecule has 0 saturated carbocycles. The largest absolute Gasteiger partial charge is 0.302 e. The smallest absolute Gasteiger partial charge is 0.0228 e. The maximum Gasteiger partial charge on any atom is 0.0228 e. The number of nitrogens with zero attached hydrogens (tertiary/aromatic N) is 1. The van der Waals surface area contributed by atoms with Gasteiger partial charge >= 0.3 is 0 Å². The lowest BCUT2D eigenvalue weighted by molar-refractivity contribution is 0.345. The summed E-state index contributed by atoms with van der Waals surface area (Å²) >= 11 is 5.15. The Bertz CT molecular complexity index is 309. The number of likely N-dealkylation sites (tertiary alicyclic amines) is 1. The minimum absolute atomic E-state index is 1.06.